The molecule has 4 heteroatoms. The van der Waals surface area contributed by atoms with E-state index in [1.165, 1.54) is 101 Å². The van der Waals surface area contributed by atoms with Crippen molar-refractivity contribution in [3.8, 4) is 0 Å². The number of unbranched alkanes of at least 4 members (excludes halogenated alkanes) is 12. The predicted octanol–water partition coefficient (Wildman–Crippen LogP) is 8.30. The van der Waals surface area contributed by atoms with Gasteiger partial charge in [0.1, 0.15) is 0 Å². The number of thioether (sulfide) groups is 1. The van der Waals surface area contributed by atoms with Crippen LogP contribution in [0.4, 0.5) is 0 Å². The number of carbonyl (C=O) groups excluding carboxylic acids is 2. The lowest BCUT2D eigenvalue weighted by Crippen LogP contribution is -2.36. The van der Waals surface area contributed by atoms with Gasteiger partial charge in [0.2, 0.25) is 11.8 Å². The molecule has 1 atom stereocenters. The summed E-state index contributed by atoms with van der Waals surface area (Å²) in [6.07, 6.45) is 24.7. The Morgan fingerprint density at radius 2 is 1.19 bits per heavy atom. The van der Waals surface area contributed by atoms with Crippen LogP contribution in [0.15, 0.2) is 0 Å². The van der Waals surface area contributed by atoms with Crippen molar-refractivity contribution in [2.45, 2.75) is 148 Å². The van der Waals surface area contributed by atoms with E-state index >= 15 is 0 Å². The average Bonchev–Trinajstić information content (AvgIpc) is 2.93. The molecule has 0 bridgehead atoms. The lowest BCUT2D eigenvalue weighted by atomic mass is 10.0. The minimum Gasteiger partial charge on any atom is -0.283 e. The van der Waals surface area contributed by atoms with Gasteiger partial charge in [-0.15, -0.1) is 0 Å². The van der Waals surface area contributed by atoms with Gasteiger partial charge in [-0.1, -0.05) is 97.3 Å². The van der Waals surface area contributed by atoms with E-state index < -0.39 is 0 Å². The molecular weight excluding hydrogens is 402 g/mol. The predicted molar refractivity (Wildman–Crippen MR) is 137 cm³/mol. The van der Waals surface area contributed by atoms with Gasteiger partial charge >= 0.3 is 0 Å². The molecule has 1 saturated heterocycles. The van der Waals surface area contributed by atoms with Crippen molar-refractivity contribution in [3.63, 3.8) is 0 Å². The average molecular weight is 454 g/mol. The summed E-state index contributed by atoms with van der Waals surface area (Å²) in [4.78, 5) is 25.6. The molecule has 0 N–H and O–H groups in total. The second-order valence-electron chi connectivity index (χ2n) is 9.43. The molecule has 0 aromatic carbocycles. The normalized spacial score (nSPS) is 16.0. The molecule has 0 spiro atoms. The van der Waals surface area contributed by atoms with Crippen molar-refractivity contribution in [1.82, 2.24) is 4.90 Å². The molecule has 182 valence electrons. The molecule has 1 unspecified atom stereocenters. The standard InChI is InChI=1S/C27H51NO2S/c1-3-5-6-7-8-9-10-11-12-13-14-15-16-20-25(4-2)31-24-19-23-28-26(29)21-17-18-22-27(28)30/h25H,3-24H2,1-2H3. The highest BCUT2D eigenvalue weighted by Crippen LogP contribution is 2.23. The van der Waals surface area contributed by atoms with E-state index in [9.17, 15) is 9.59 Å². The summed E-state index contributed by atoms with van der Waals surface area (Å²) in [6.45, 7) is 5.20. The third-order valence-electron chi connectivity index (χ3n) is 6.60. The second kappa shape index (κ2) is 20.1. The molecule has 0 aromatic heterocycles. The van der Waals surface area contributed by atoms with Gasteiger partial charge in [-0.25, -0.2) is 0 Å². The van der Waals surface area contributed by atoms with Crippen molar-refractivity contribution in [3.05, 3.63) is 0 Å². The Bertz CT molecular complexity index is 437. The fourth-order valence-corrected chi connectivity index (χ4v) is 5.68. The summed E-state index contributed by atoms with van der Waals surface area (Å²) in [6, 6.07) is 0. The van der Waals surface area contributed by atoms with Gasteiger partial charge in [0.25, 0.3) is 0 Å². The summed E-state index contributed by atoms with van der Waals surface area (Å²) in [5.74, 6) is 1.16. The van der Waals surface area contributed by atoms with Gasteiger partial charge < -0.3 is 0 Å². The smallest absolute Gasteiger partial charge is 0.229 e. The number of hydrogen-bond donors (Lipinski definition) is 0. The maximum atomic E-state index is 12.1. The lowest BCUT2D eigenvalue weighted by Gasteiger charge is -2.19. The molecule has 3 nitrogen and oxygen atoms in total. The van der Waals surface area contributed by atoms with Crippen LogP contribution in [0.3, 0.4) is 0 Å². The van der Waals surface area contributed by atoms with Crippen molar-refractivity contribution < 1.29 is 9.59 Å². The second-order valence-corrected chi connectivity index (χ2v) is 10.8. The Morgan fingerprint density at radius 1 is 0.710 bits per heavy atom. The van der Waals surface area contributed by atoms with Crippen LogP contribution in [-0.4, -0.2) is 34.3 Å². The number of amides is 2. The minimum absolute atomic E-state index is 0.0477. The Labute approximate surface area is 197 Å². The number of imide groups is 1. The van der Waals surface area contributed by atoms with E-state index in [1.807, 2.05) is 0 Å². The molecule has 1 aliphatic heterocycles. The number of hydrogen-bond acceptors (Lipinski definition) is 3. The Morgan fingerprint density at radius 3 is 1.68 bits per heavy atom. The number of nitrogens with zero attached hydrogens (tertiary/aromatic N) is 1. The fraction of sp³-hybridized carbons (Fsp3) is 0.926. The van der Waals surface area contributed by atoms with Gasteiger partial charge in [-0.05, 0) is 37.9 Å². The maximum absolute atomic E-state index is 12.1. The Kier molecular flexibility index (Phi) is 18.5. The molecular formula is C27H51NO2S. The maximum Gasteiger partial charge on any atom is 0.229 e. The van der Waals surface area contributed by atoms with E-state index in [0.717, 1.165) is 30.3 Å². The Hall–Kier alpha value is -0.510. The van der Waals surface area contributed by atoms with Gasteiger partial charge in [0, 0.05) is 24.6 Å². The van der Waals surface area contributed by atoms with Gasteiger partial charge in [0.15, 0.2) is 0 Å². The molecule has 1 rings (SSSR count). The lowest BCUT2D eigenvalue weighted by molar-refractivity contribution is -0.143. The van der Waals surface area contributed by atoms with Crippen LogP contribution in [0.25, 0.3) is 0 Å². The van der Waals surface area contributed by atoms with Crippen LogP contribution in [0, 0.1) is 0 Å². The molecule has 0 aromatic rings. The molecule has 0 radical (unpaired) electrons. The number of carbonyl (C=O) groups is 2. The van der Waals surface area contributed by atoms with Crippen LogP contribution in [0.1, 0.15) is 142 Å². The van der Waals surface area contributed by atoms with Crippen LogP contribution in [-0.2, 0) is 9.59 Å². The fourth-order valence-electron chi connectivity index (χ4n) is 4.48. The van der Waals surface area contributed by atoms with Crippen LogP contribution in [0.5, 0.6) is 0 Å². The van der Waals surface area contributed by atoms with Crippen molar-refractivity contribution >= 4 is 23.6 Å². The summed E-state index contributed by atoms with van der Waals surface area (Å²) in [5.41, 5.74) is 0. The molecule has 2 amide bonds. The first kappa shape index (κ1) is 28.5. The van der Waals surface area contributed by atoms with E-state index in [-0.39, 0.29) is 11.8 Å². The van der Waals surface area contributed by atoms with Crippen LogP contribution in [0.2, 0.25) is 0 Å². The molecule has 1 aliphatic rings. The molecule has 1 heterocycles. The number of rotatable bonds is 20. The minimum atomic E-state index is 0.0477. The highest BCUT2D eigenvalue weighted by Gasteiger charge is 2.23. The molecule has 0 saturated carbocycles. The summed E-state index contributed by atoms with van der Waals surface area (Å²) in [7, 11) is 0. The highest BCUT2D eigenvalue weighted by molar-refractivity contribution is 7.99. The third-order valence-corrected chi connectivity index (χ3v) is 8.16. The third kappa shape index (κ3) is 15.0. The van der Waals surface area contributed by atoms with E-state index in [0.29, 0.717) is 19.4 Å². The van der Waals surface area contributed by atoms with E-state index in [1.54, 1.807) is 0 Å². The summed E-state index contributed by atoms with van der Waals surface area (Å²) < 4.78 is 0. The summed E-state index contributed by atoms with van der Waals surface area (Å²) in [5, 5.41) is 0.739. The van der Waals surface area contributed by atoms with E-state index in [2.05, 4.69) is 25.6 Å². The van der Waals surface area contributed by atoms with Gasteiger partial charge in [0.05, 0.1) is 0 Å². The largest absolute Gasteiger partial charge is 0.283 e. The SMILES string of the molecule is CCCCCCCCCCCCCCCC(CC)SCCCN1C(=O)CCCCC1=O. The molecule has 1 fully saturated rings. The topological polar surface area (TPSA) is 37.4 Å². The van der Waals surface area contributed by atoms with Crippen molar-refractivity contribution in [2.75, 3.05) is 12.3 Å². The first-order chi connectivity index (χ1) is 15.2. The first-order valence-electron chi connectivity index (χ1n) is 13.6. The first-order valence-corrected chi connectivity index (χ1v) is 14.7. The quantitative estimate of drug-likeness (QED) is 0.137. The number of likely N-dealkylation sites (tertiary alicyclic amines) is 1. The van der Waals surface area contributed by atoms with Crippen LogP contribution < -0.4 is 0 Å². The monoisotopic (exact) mass is 453 g/mol. The van der Waals surface area contributed by atoms with Gasteiger partial charge in [-0.2, -0.15) is 11.8 Å². The zero-order valence-electron chi connectivity index (χ0n) is 20.8. The molecule has 31 heavy (non-hydrogen) atoms. The van der Waals surface area contributed by atoms with Crippen molar-refractivity contribution in [1.29, 1.82) is 0 Å². The Balaban J connectivity index is 1.94. The zero-order chi connectivity index (χ0) is 22.6. The zero-order valence-corrected chi connectivity index (χ0v) is 21.6. The van der Waals surface area contributed by atoms with E-state index in [4.69, 9.17) is 0 Å². The van der Waals surface area contributed by atoms with Crippen molar-refractivity contribution in [2.24, 2.45) is 0 Å². The summed E-state index contributed by atoms with van der Waals surface area (Å²) >= 11 is 2.05. The highest BCUT2D eigenvalue weighted by atomic mass is 32.2. The molecule has 0 aliphatic carbocycles. The van der Waals surface area contributed by atoms with Crippen LogP contribution >= 0.6 is 11.8 Å². The van der Waals surface area contributed by atoms with Gasteiger partial charge in [-0.3, -0.25) is 14.5 Å².